The van der Waals surface area contributed by atoms with Crippen LogP contribution in [0.2, 0.25) is 0 Å². The molecule has 1 N–H and O–H groups in total. The standard InChI is InChI=1S/C69H125N2O7P/c1-7-10-13-16-19-22-25-28-30-31-32-33-34-35-36-37-38-39-41-43-46-49-52-55-58-61-68(72)70-66(65-77-79(74,75)76-64-63-71(4,5)6)67(60-57-54-51-48-45-42-27-24-21-18-15-12-9-3)78-69(73)62-59-56-53-50-47-44-40-29-26-23-20-17-14-11-8-2/h10,13,19,22-23,26,28,30,32-33,35-36,57,60,66-67H,7-9,11-12,14-18,20-21,24-25,27,29,31,34,37-56,58-59,61-65H2,1-6H3,(H-,70,72,74,75)/b13-10-,22-19-,26-23-,30-28-,33-32-,36-35-,60-57-. The zero-order chi connectivity index (χ0) is 57.9. The lowest BCUT2D eigenvalue weighted by atomic mass is 10.0. The van der Waals surface area contributed by atoms with Gasteiger partial charge in [0.2, 0.25) is 5.91 Å². The van der Waals surface area contributed by atoms with Gasteiger partial charge in [0, 0.05) is 12.8 Å². The first-order valence-electron chi connectivity index (χ1n) is 32.9. The predicted octanol–water partition coefficient (Wildman–Crippen LogP) is 19.9. The van der Waals surface area contributed by atoms with Crippen molar-refractivity contribution in [3.05, 3.63) is 85.1 Å². The van der Waals surface area contributed by atoms with E-state index in [0.717, 1.165) is 116 Å². The van der Waals surface area contributed by atoms with Gasteiger partial charge in [-0.05, 0) is 102 Å². The van der Waals surface area contributed by atoms with Crippen molar-refractivity contribution < 1.29 is 37.3 Å². The van der Waals surface area contributed by atoms with Crippen LogP contribution in [0.25, 0.3) is 0 Å². The summed E-state index contributed by atoms with van der Waals surface area (Å²) in [5.74, 6) is -0.550. The Labute approximate surface area is 488 Å². The monoisotopic (exact) mass is 1120 g/mol. The molecule has 1 amide bonds. The number of amides is 1. The molecule has 9 nitrogen and oxygen atoms in total. The fourth-order valence-electron chi connectivity index (χ4n) is 9.25. The topological polar surface area (TPSA) is 114 Å². The molecule has 10 heteroatoms. The maximum Gasteiger partial charge on any atom is 0.306 e. The summed E-state index contributed by atoms with van der Waals surface area (Å²) in [5, 5.41) is 3.03. The Morgan fingerprint density at radius 2 is 0.810 bits per heavy atom. The first kappa shape index (κ1) is 76.2. The van der Waals surface area contributed by atoms with E-state index in [4.69, 9.17) is 13.8 Å². The Kier molecular flexibility index (Phi) is 56.3. The van der Waals surface area contributed by atoms with Crippen molar-refractivity contribution in [2.24, 2.45) is 0 Å². The number of phosphoric acid groups is 1. The molecule has 0 aromatic rings. The first-order chi connectivity index (χ1) is 38.4. The average Bonchev–Trinajstić information content (AvgIpc) is 3.41. The van der Waals surface area contributed by atoms with Gasteiger partial charge in [-0.1, -0.05) is 260 Å². The summed E-state index contributed by atoms with van der Waals surface area (Å²) in [6.07, 6.45) is 76.9. The van der Waals surface area contributed by atoms with E-state index in [1.54, 1.807) is 0 Å². The number of hydrogen-bond acceptors (Lipinski definition) is 7. The molecule has 458 valence electrons. The quantitative estimate of drug-likeness (QED) is 0.0212. The lowest BCUT2D eigenvalue weighted by Gasteiger charge is -2.30. The number of allylic oxidation sites excluding steroid dienone is 13. The number of phosphoric ester groups is 1. The lowest BCUT2D eigenvalue weighted by Crippen LogP contribution is -2.47. The van der Waals surface area contributed by atoms with E-state index in [0.29, 0.717) is 17.4 Å². The van der Waals surface area contributed by atoms with Gasteiger partial charge in [0.1, 0.15) is 19.3 Å². The van der Waals surface area contributed by atoms with Crippen molar-refractivity contribution in [3.8, 4) is 0 Å². The molecule has 0 aliphatic carbocycles. The average molecular weight is 1130 g/mol. The fourth-order valence-corrected chi connectivity index (χ4v) is 9.97. The normalized spacial score (nSPS) is 14.2. The number of rotatable bonds is 59. The van der Waals surface area contributed by atoms with Gasteiger partial charge >= 0.3 is 5.97 Å². The Bertz CT molecular complexity index is 1630. The number of quaternary nitrogens is 1. The van der Waals surface area contributed by atoms with E-state index in [9.17, 15) is 19.0 Å². The molecule has 0 saturated heterocycles. The number of carbonyl (C=O) groups excluding carboxylic acids is 2. The van der Waals surface area contributed by atoms with Gasteiger partial charge in [0.25, 0.3) is 7.82 Å². The maximum absolute atomic E-state index is 13.6. The molecule has 0 spiro atoms. The first-order valence-corrected chi connectivity index (χ1v) is 34.4. The van der Waals surface area contributed by atoms with Crippen molar-refractivity contribution in [2.45, 2.75) is 303 Å². The Morgan fingerprint density at radius 3 is 1.24 bits per heavy atom. The minimum atomic E-state index is -4.71. The SMILES string of the molecule is CC/C=C\C/C=C\C/C=C\C/C=C\C/C=C\CCCCCCCCCCCC(=O)NC(COP(=O)([O-])OCC[N+](C)(C)C)C(/C=C\CCCCCCCCCCCCC)OC(=O)CCCCCCCCC/C=C\CCCCCC. The van der Waals surface area contributed by atoms with Gasteiger partial charge in [-0.3, -0.25) is 14.2 Å². The summed E-state index contributed by atoms with van der Waals surface area (Å²) in [5.41, 5.74) is 0. The highest BCUT2D eigenvalue weighted by Gasteiger charge is 2.27. The van der Waals surface area contributed by atoms with Crippen LogP contribution < -0.4 is 10.2 Å². The van der Waals surface area contributed by atoms with Crippen LogP contribution in [0.4, 0.5) is 0 Å². The second-order valence-electron chi connectivity index (χ2n) is 23.2. The lowest BCUT2D eigenvalue weighted by molar-refractivity contribution is -0.870. The Hall–Kier alpha value is -2.81. The minimum Gasteiger partial charge on any atom is -0.756 e. The molecular weight excluding hydrogens is 1000 g/mol. The second kappa shape index (κ2) is 58.4. The number of unbranched alkanes of at least 4 members (excludes halogenated alkanes) is 31. The van der Waals surface area contributed by atoms with Crippen molar-refractivity contribution in [1.82, 2.24) is 5.32 Å². The molecule has 0 bridgehead atoms. The molecule has 0 aromatic heterocycles. The second-order valence-corrected chi connectivity index (χ2v) is 24.6. The highest BCUT2D eigenvalue weighted by molar-refractivity contribution is 7.45. The molecular formula is C69H125N2O7P. The Morgan fingerprint density at radius 1 is 0.456 bits per heavy atom. The van der Waals surface area contributed by atoms with E-state index in [-0.39, 0.29) is 24.9 Å². The molecule has 0 aliphatic rings. The maximum atomic E-state index is 13.6. The van der Waals surface area contributed by atoms with Crippen LogP contribution in [0, 0.1) is 0 Å². The van der Waals surface area contributed by atoms with Crippen molar-refractivity contribution in [3.63, 3.8) is 0 Å². The van der Waals surface area contributed by atoms with E-state index in [1.807, 2.05) is 33.3 Å². The third-order valence-electron chi connectivity index (χ3n) is 14.3. The van der Waals surface area contributed by atoms with Crippen molar-refractivity contribution >= 4 is 19.7 Å². The number of hydrogen-bond donors (Lipinski definition) is 1. The molecule has 0 fully saturated rings. The smallest absolute Gasteiger partial charge is 0.306 e. The number of esters is 1. The zero-order valence-corrected chi connectivity index (χ0v) is 53.2. The largest absolute Gasteiger partial charge is 0.756 e. The summed E-state index contributed by atoms with van der Waals surface area (Å²) in [6, 6.07) is -0.897. The van der Waals surface area contributed by atoms with Crippen LogP contribution in [-0.2, 0) is 27.9 Å². The molecule has 0 radical (unpaired) electrons. The number of carbonyl (C=O) groups is 2. The van der Waals surface area contributed by atoms with Crippen molar-refractivity contribution in [2.75, 3.05) is 40.9 Å². The number of nitrogens with zero attached hydrogens (tertiary/aromatic N) is 1. The highest BCUT2D eigenvalue weighted by atomic mass is 31.2. The summed E-state index contributed by atoms with van der Waals surface area (Å²) < 4.78 is 30.4. The van der Waals surface area contributed by atoms with Crippen LogP contribution in [0.15, 0.2) is 85.1 Å². The summed E-state index contributed by atoms with van der Waals surface area (Å²) >= 11 is 0. The third kappa shape index (κ3) is 59.6. The molecule has 3 atom stereocenters. The third-order valence-corrected chi connectivity index (χ3v) is 15.3. The fraction of sp³-hybridized carbons (Fsp3) is 0.768. The molecule has 0 saturated carbocycles. The molecule has 0 aliphatic heterocycles. The highest BCUT2D eigenvalue weighted by Crippen LogP contribution is 2.38. The van der Waals surface area contributed by atoms with Crippen LogP contribution in [-0.4, -0.2) is 69.4 Å². The van der Waals surface area contributed by atoms with Crippen molar-refractivity contribution in [1.29, 1.82) is 0 Å². The molecule has 0 rings (SSSR count). The van der Waals surface area contributed by atoms with Crippen LogP contribution in [0.5, 0.6) is 0 Å². The van der Waals surface area contributed by atoms with E-state index >= 15 is 0 Å². The van der Waals surface area contributed by atoms with Crippen LogP contribution >= 0.6 is 7.82 Å². The molecule has 3 unspecified atom stereocenters. The van der Waals surface area contributed by atoms with Gasteiger partial charge in [-0.25, -0.2) is 0 Å². The number of likely N-dealkylation sites (N-methyl/N-ethyl adjacent to an activating group) is 1. The summed E-state index contributed by atoms with van der Waals surface area (Å²) in [4.78, 5) is 40.1. The number of nitrogens with one attached hydrogen (secondary N) is 1. The molecule has 79 heavy (non-hydrogen) atoms. The van der Waals surface area contributed by atoms with E-state index in [2.05, 4.69) is 99.0 Å². The van der Waals surface area contributed by atoms with E-state index in [1.165, 1.54) is 141 Å². The van der Waals surface area contributed by atoms with Gasteiger partial charge in [-0.2, -0.15) is 0 Å². The number of ether oxygens (including phenoxy) is 1. The van der Waals surface area contributed by atoms with Gasteiger partial charge in [0.05, 0.1) is 33.8 Å². The summed E-state index contributed by atoms with van der Waals surface area (Å²) in [6.45, 7) is 6.72. The Balaban J connectivity index is 5.17. The zero-order valence-electron chi connectivity index (χ0n) is 52.3. The van der Waals surface area contributed by atoms with Crippen LogP contribution in [0.1, 0.15) is 290 Å². The van der Waals surface area contributed by atoms with Gasteiger partial charge < -0.3 is 28.5 Å². The molecule has 0 heterocycles. The van der Waals surface area contributed by atoms with Gasteiger partial charge in [0.15, 0.2) is 0 Å². The molecule has 0 aromatic carbocycles. The van der Waals surface area contributed by atoms with Gasteiger partial charge in [-0.15, -0.1) is 0 Å². The minimum absolute atomic E-state index is 0.0268. The predicted molar refractivity (Wildman–Crippen MR) is 339 cm³/mol. The summed E-state index contributed by atoms with van der Waals surface area (Å²) in [7, 11) is 1.17. The van der Waals surface area contributed by atoms with E-state index < -0.39 is 26.6 Å². The van der Waals surface area contributed by atoms with Crippen LogP contribution in [0.3, 0.4) is 0 Å².